The molecule has 24 heavy (non-hydrogen) atoms. The molecule has 6 heteroatoms. The third-order valence-electron chi connectivity index (χ3n) is 3.51. The summed E-state index contributed by atoms with van der Waals surface area (Å²) in [6.07, 6.45) is 0.587. The summed E-state index contributed by atoms with van der Waals surface area (Å²) >= 11 is 0. The fraction of sp³-hybridized carbons (Fsp3) is 0.278. The number of aryl methyl sites for hydroxylation is 2. The largest absolute Gasteiger partial charge is 0.466 e. The van der Waals surface area contributed by atoms with Crippen LogP contribution < -0.4 is 5.32 Å². The van der Waals surface area contributed by atoms with E-state index in [0.29, 0.717) is 34.8 Å². The van der Waals surface area contributed by atoms with Crippen molar-refractivity contribution in [2.24, 2.45) is 0 Å². The zero-order valence-electron chi connectivity index (χ0n) is 13.8. The average Bonchev–Trinajstić information content (AvgIpc) is 2.93. The van der Waals surface area contributed by atoms with Crippen molar-refractivity contribution in [2.75, 3.05) is 12.4 Å². The topological polar surface area (TPSA) is 85.6 Å². The maximum atomic E-state index is 12.0. The second kappa shape index (κ2) is 7.59. The molecule has 0 fully saturated rings. The van der Waals surface area contributed by atoms with Crippen LogP contribution in [-0.4, -0.2) is 24.8 Å². The summed E-state index contributed by atoms with van der Waals surface area (Å²) in [4.78, 5) is 34.9. The summed E-state index contributed by atoms with van der Waals surface area (Å²) in [6, 6.07) is 8.18. The van der Waals surface area contributed by atoms with Crippen LogP contribution in [0.3, 0.4) is 0 Å². The smallest absolute Gasteiger partial charge is 0.337 e. The molecule has 2 aromatic rings. The monoisotopic (exact) mass is 329 g/mol. The molecule has 126 valence electrons. The Morgan fingerprint density at radius 3 is 2.58 bits per heavy atom. The van der Waals surface area contributed by atoms with Gasteiger partial charge in [-0.15, -0.1) is 0 Å². The first kappa shape index (κ1) is 17.5. The first-order valence-corrected chi connectivity index (χ1v) is 7.49. The van der Waals surface area contributed by atoms with E-state index in [1.165, 1.54) is 14.0 Å². The third kappa shape index (κ3) is 4.32. The molecule has 1 heterocycles. The number of Topliss-reactive ketones (excluding diaryl/α,β-unsaturated/α-hetero) is 1. The number of ether oxygens (including phenoxy) is 1. The van der Waals surface area contributed by atoms with Gasteiger partial charge in [-0.3, -0.25) is 9.59 Å². The quantitative estimate of drug-likeness (QED) is 0.650. The molecule has 0 aliphatic carbocycles. The van der Waals surface area contributed by atoms with E-state index in [-0.39, 0.29) is 18.1 Å². The maximum absolute atomic E-state index is 12.0. The number of methoxy groups -OCH3 is 1. The summed E-state index contributed by atoms with van der Waals surface area (Å²) in [5.74, 6) is 0.413. The van der Waals surface area contributed by atoms with E-state index in [0.717, 1.165) is 0 Å². The van der Waals surface area contributed by atoms with Crippen LogP contribution in [0.25, 0.3) is 0 Å². The molecule has 0 radical (unpaired) electrons. The molecule has 0 bridgehead atoms. The van der Waals surface area contributed by atoms with Crippen LogP contribution in [0.1, 0.15) is 45.6 Å². The zero-order valence-corrected chi connectivity index (χ0v) is 13.8. The van der Waals surface area contributed by atoms with Gasteiger partial charge in [-0.25, -0.2) is 4.79 Å². The van der Waals surface area contributed by atoms with E-state index in [4.69, 9.17) is 4.42 Å². The number of esters is 1. The van der Waals surface area contributed by atoms with Crippen molar-refractivity contribution in [3.8, 4) is 0 Å². The Kier molecular flexibility index (Phi) is 5.52. The molecule has 0 aliphatic rings. The highest BCUT2D eigenvalue weighted by atomic mass is 16.5. The van der Waals surface area contributed by atoms with Crippen molar-refractivity contribution in [3.05, 3.63) is 53.0 Å². The van der Waals surface area contributed by atoms with E-state index in [9.17, 15) is 14.4 Å². The van der Waals surface area contributed by atoms with Crippen molar-refractivity contribution in [2.45, 2.75) is 26.7 Å². The minimum Gasteiger partial charge on any atom is -0.466 e. The van der Waals surface area contributed by atoms with Gasteiger partial charge in [0.1, 0.15) is 11.5 Å². The van der Waals surface area contributed by atoms with Gasteiger partial charge in [0.2, 0.25) is 5.91 Å². The number of nitrogens with one attached hydrogen (secondary N) is 1. The average molecular weight is 329 g/mol. The maximum Gasteiger partial charge on any atom is 0.337 e. The van der Waals surface area contributed by atoms with Crippen molar-refractivity contribution >= 4 is 23.3 Å². The molecule has 0 unspecified atom stereocenters. The number of amides is 1. The van der Waals surface area contributed by atoms with Crippen LogP contribution in [0.2, 0.25) is 0 Å². The number of hydrogen-bond acceptors (Lipinski definition) is 5. The Labute approximate surface area is 139 Å². The minimum atomic E-state index is -0.464. The number of furan rings is 1. The fourth-order valence-corrected chi connectivity index (χ4v) is 2.32. The first-order chi connectivity index (χ1) is 11.4. The lowest BCUT2D eigenvalue weighted by Crippen LogP contribution is -2.13. The lowest BCUT2D eigenvalue weighted by molar-refractivity contribution is -0.116. The zero-order chi connectivity index (χ0) is 17.7. The number of ketones is 1. The first-order valence-electron chi connectivity index (χ1n) is 7.49. The Balaban J connectivity index is 1.95. The summed E-state index contributed by atoms with van der Waals surface area (Å²) in [5, 5.41) is 2.72. The summed E-state index contributed by atoms with van der Waals surface area (Å²) in [5.41, 5.74) is 1.42. The molecule has 2 rings (SSSR count). The van der Waals surface area contributed by atoms with Gasteiger partial charge in [0.15, 0.2) is 5.78 Å². The molecular weight excluding hydrogens is 310 g/mol. The molecule has 1 aromatic carbocycles. The molecule has 0 spiro atoms. The standard InChI is InChI=1S/C18H19NO5/c1-11(20)16-10-15(24-12(16)2)7-8-17(21)19-14-6-4-5-13(9-14)18(22)23-3/h4-6,9-10H,7-8H2,1-3H3,(H,19,21). The lowest BCUT2D eigenvalue weighted by Gasteiger charge is -2.06. The van der Waals surface area contributed by atoms with Crippen molar-refractivity contribution in [3.63, 3.8) is 0 Å². The van der Waals surface area contributed by atoms with Crippen LogP contribution in [0.4, 0.5) is 5.69 Å². The number of carbonyl (C=O) groups is 3. The Hall–Kier alpha value is -2.89. The summed E-state index contributed by atoms with van der Waals surface area (Å²) in [6.45, 7) is 3.20. The minimum absolute atomic E-state index is 0.0634. The van der Waals surface area contributed by atoms with Crippen LogP contribution >= 0.6 is 0 Å². The van der Waals surface area contributed by atoms with Gasteiger partial charge >= 0.3 is 5.97 Å². The predicted molar refractivity (Wildman–Crippen MR) is 88.2 cm³/mol. The second-order valence-corrected chi connectivity index (χ2v) is 5.36. The third-order valence-corrected chi connectivity index (χ3v) is 3.51. The molecule has 0 saturated carbocycles. The molecule has 1 aromatic heterocycles. The van der Waals surface area contributed by atoms with Gasteiger partial charge in [0.05, 0.1) is 18.2 Å². The summed E-state index contributed by atoms with van der Waals surface area (Å²) in [7, 11) is 1.30. The van der Waals surface area contributed by atoms with E-state index >= 15 is 0 Å². The van der Waals surface area contributed by atoms with Crippen molar-refractivity contribution in [1.29, 1.82) is 0 Å². The van der Waals surface area contributed by atoms with E-state index < -0.39 is 5.97 Å². The Morgan fingerprint density at radius 1 is 1.21 bits per heavy atom. The van der Waals surface area contributed by atoms with Crippen molar-refractivity contribution in [1.82, 2.24) is 0 Å². The van der Waals surface area contributed by atoms with Gasteiger partial charge in [-0.05, 0) is 38.1 Å². The van der Waals surface area contributed by atoms with Crippen molar-refractivity contribution < 1.29 is 23.5 Å². The van der Waals surface area contributed by atoms with Crippen LogP contribution in [0, 0.1) is 6.92 Å². The molecule has 0 aliphatic heterocycles. The second-order valence-electron chi connectivity index (χ2n) is 5.36. The molecule has 1 amide bonds. The van der Waals surface area contributed by atoms with Gasteiger partial charge in [0, 0.05) is 18.5 Å². The van der Waals surface area contributed by atoms with Crippen LogP contribution in [-0.2, 0) is 16.0 Å². The molecule has 0 atom stereocenters. The van der Waals surface area contributed by atoms with E-state index in [1.807, 2.05) is 0 Å². The van der Waals surface area contributed by atoms with Gasteiger partial charge in [-0.2, -0.15) is 0 Å². The SMILES string of the molecule is COC(=O)c1cccc(NC(=O)CCc2cc(C(C)=O)c(C)o2)c1. The van der Waals surface area contributed by atoms with Gasteiger partial charge < -0.3 is 14.5 Å². The number of hydrogen-bond donors (Lipinski definition) is 1. The molecular formula is C18H19NO5. The summed E-state index contributed by atoms with van der Waals surface area (Å²) < 4.78 is 10.1. The highest BCUT2D eigenvalue weighted by Gasteiger charge is 2.13. The molecule has 0 saturated heterocycles. The highest BCUT2D eigenvalue weighted by Crippen LogP contribution is 2.17. The Bertz CT molecular complexity index is 775. The number of anilines is 1. The number of carbonyl (C=O) groups excluding carboxylic acids is 3. The van der Waals surface area contributed by atoms with Crippen LogP contribution in [0.5, 0.6) is 0 Å². The number of rotatable bonds is 6. The Morgan fingerprint density at radius 2 is 1.96 bits per heavy atom. The predicted octanol–water partition coefficient (Wildman–Crippen LogP) is 3.15. The fourth-order valence-electron chi connectivity index (χ4n) is 2.32. The molecule has 1 N–H and O–H groups in total. The lowest BCUT2D eigenvalue weighted by atomic mass is 10.1. The van der Waals surface area contributed by atoms with Crippen LogP contribution in [0.15, 0.2) is 34.7 Å². The van der Waals surface area contributed by atoms with E-state index in [1.54, 1.807) is 37.3 Å². The van der Waals surface area contributed by atoms with E-state index in [2.05, 4.69) is 10.1 Å². The highest BCUT2D eigenvalue weighted by molar-refractivity contribution is 5.95. The van der Waals surface area contributed by atoms with Gasteiger partial charge in [-0.1, -0.05) is 6.07 Å². The normalized spacial score (nSPS) is 10.3. The molecule has 6 nitrogen and oxygen atoms in total. The van der Waals surface area contributed by atoms with Gasteiger partial charge in [0.25, 0.3) is 0 Å². The number of benzene rings is 1.